The molecule has 0 aliphatic heterocycles. The molecule has 156 valence electrons. The van der Waals surface area contributed by atoms with Gasteiger partial charge in [-0.25, -0.2) is 14.4 Å². The summed E-state index contributed by atoms with van der Waals surface area (Å²) in [4.78, 5) is 24.0. The van der Waals surface area contributed by atoms with Crippen molar-refractivity contribution in [2.24, 2.45) is 0 Å². The second kappa shape index (κ2) is 6.90. The normalized spacial score (nSPS) is 14.2. The first-order valence-corrected chi connectivity index (χ1v) is 11.8. The topological polar surface area (TPSA) is 60.4 Å². The van der Waals surface area contributed by atoms with Gasteiger partial charge in [-0.05, 0) is 60.4 Å². The van der Waals surface area contributed by atoms with Crippen LogP contribution < -0.4 is 5.56 Å². The molecule has 0 unspecified atom stereocenters. The number of hydrogen-bond acceptors (Lipinski definition) is 5. The number of rotatable bonds is 2. The first kappa shape index (κ1) is 19.0. The van der Waals surface area contributed by atoms with Gasteiger partial charge in [-0.15, -0.1) is 11.3 Å². The van der Waals surface area contributed by atoms with Gasteiger partial charge in [-0.3, -0.25) is 4.79 Å². The van der Waals surface area contributed by atoms with Crippen LogP contribution in [0.5, 0.6) is 0 Å². The summed E-state index contributed by atoms with van der Waals surface area (Å²) >= 11 is 7.49. The van der Waals surface area contributed by atoms with Crippen molar-refractivity contribution in [3.05, 3.63) is 61.8 Å². The van der Waals surface area contributed by atoms with Gasteiger partial charge in [0, 0.05) is 10.4 Å². The monoisotopic (exact) mass is 449 g/mol. The highest BCUT2D eigenvalue weighted by Gasteiger charge is 2.26. The van der Waals surface area contributed by atoms with E-state index in [-0.39, 0.29) is 11.1 Å². The number of thiazole rings is 1. The standard InChI is InChI=1S/C24H20ClN3O2S/c1-12(2)19-16-6-4-3-5-15(16)18-20-21(30-22(18)26-19)23(29)28-17(11-31-24(28)27-20)13-7-9-14(25)10-8-13/h7-12H,3-6H2,1-2H3. The van der Waals surface area contributed by atoms with Crippen LogP contribution in [0.3, 0.4) is 0 Å². The van der Waals surface area contributed by atoms with Crippen molar-refractivity contribution in [1.29, 1.82) is 0 Å². The van der Waals surface area contributed by atoms with Gasteiger partial charge in [0.2, 0.25) is 11.3 Å². The average molecular weight is 450 g/mol. The summed E-state index contributed by atoms with van der Waals surface area (Å²) in [5, 5.41) is 3.54. The molecule has 4 heterocycles. The number of halogens is 1. The van der Waals surface area contributed by atoms with Crippen LogP contribution in [0.1, 0.15) is 49.4 Å². The molecule has 0 spiro atoms. The van der Waals surface area contributed by atoms with Gasteiger partial charge in [0.15, 0.2) is 4.96 Å². The highest BCUT2D eigenvalue weighted by Crippen LogP contribution is 2.37. The lowest BCUT2D eigenvalue weighted by molar-refractivity contribution is 0.627. The van der Waals surface area contributed by atoms with Crippen LogP contribution in [-0.4, -0.2) is 14.4 Å². The van der Waals surface area contributed by atoms with Gasteiger partial charge < -0.3 is 4.42 Å². The van der Waals surface area contributed by atoms with Crippen LogP contribution in [0.2, 0.25) is 5.02 Å². The van der Waals surface area contributed by atoms with Crippen molar-refractivity contribution in [2.45, 2.75) is 45.4 Å². The molecule has 31 heavy (non-hydrogen) atoms. The lowest BCUT2D eigenvalue weighted by Gasteiger charge is -2.21. The number of benzene rings is 1. The lowest BCUT2D eigenvalue weighted by atomic mass is 9.86. The molecule has 6 rings (SSSR count). The third kappa shape index (κ3) is 2.78. The number of aromatic nitrogens is 3. The van der Waals surface area contributed by atoms with Gasteiger partial charge in [0.25, 0.3) is 0 Å². The molecule has 0 fully saturated rings. The molecule has 0 saturated heterocycles. The number of pyridine rings is 1. The van der Waals surface area contributed by atoms with E-state index in [0.29, 0.717) is 27.1 Å². The Morgan fingerprint density at radius 2 is 1.84 bits per heavy atom. The molecule has 5 aromatic rings. The molecule has 1 aliphatic rings. The minimum Gasteiger partial charge on any atom is -0.430 e. The lowest BCUT2D eigenvalue weighted by Crippen LogP contribution is -2.14. The summed E-state index contributed by atoms with van der Waals surface area (Å²) in [6.07, 6.45) is 4.31. The van der Waals surface area contributed by atoms with E-state index in [1.54, 1.807) is 4.40 Å². The van der Waals surface area contributed by atoms with E-state index in [9.17, 15) is 4.79 Å². The molecule has 1 aliphatic carbocycles. The zero-order valence-electron chi connectivity index (χ0n) is 17.2. The number of nitrogens with zero attached hydrogens (tertiary/aromatic N) is 3. The van der Waals surface area contributed by atoms with E-state index >= 15 is 0 Å². The Labute approximate surface area is 187 Å². The molecule has 7 heteroatoms. The Hall–Kier alpha value is -2.70. The van der Waals surface area contributed by atoms with Crippen molar-refractivity contribution in [2.75, 3.05) is 0 Å². The maximum Gasteiger partial charge on any atom is 0.302 e. The predicted octanol–water partition coefficient (Wildman–Crippen LogP) is 6.37. The molecule has 1 aromatic carbocycles. The van der Waals surface area contributed by atoms with Gasteiger partial charge in [0.1, 0.15) is 5.52 Å². The fourth-order valence-electron chi connectivity index (χ4n) is 4.74. The maximum absolute atomic E-state index is 13.5. The quantitative estimate of drug-likeness (QED) is 0.314. The smallest absolute Gasteiger partial charge is 0.302 e. The third-order valence-corrected chi connectivity index (χ3v) is 7.24. The summed E-state index contributed by atoms with van der Waals surface area (Å²) in [5.41, 5.74) is 6.64. The maximum atomic E-state index is 13.5. The molecule has 0 bridgehead atoms. The SMILES string of the molecule is CC(C)c1nc2oc3c(=O)n4c(-c5ccc(Cl)cc5)csc4nc3c2c2c1CCCC2. The summed E-state index contributed by atoms with van der Waals surface area (Å²) in [6.45, 7) is 4.32. The van der Waals surface area contributed by atoms with Gasteiger partial charge >= 0.3 is 5.56 Å². The van der Waals surface area contributed by atoms with Crippen LogP contribution in [0, 0.1) is 0 Å². The van der Waals surface area contributed by atoms with Crippen LogP contribution in [-0.2, 0) is 12.8 Å². The van der Waals surface area contributed by atoms with Crippen LogP contribution >= 0.6 is 22.9 Å². The van der Waals surface area contributed by atoms with E-state index in [2.05, 4.69) is 13.8 Å². The molecule has 0 N–H and O–H groups in total. The van der Waals surface area contributed by atoms with Crippen molar-refractivity contribution in [3.8, 4) is 11.3 Å². The number of fused-ring (bicyclic) bond motifs is 6. The third-order valence-electron chi connectivity index (χ3n) is 6.17. The first-order valence-electron chi connectivity index (χ1n) is 10.6. The molecule has 0 radical (unpaired) electrons. The number of aryl methyl sites for hydroxylation is 1. The minimum atomic E-state index is -0.195. The highest BCUT2D eigenvalue weighted by atomic mass is 35.5. The minimum absolute atomic E-state index is 0.195. The number of hydrogen-bond donors (Lipinski definition) is 0. The molecule has 5 nitrogen and oxygen atoms in total. The fourth-order valence-corrected chi connectivity index (χ4v) is 5.75. The second-order valence-electron chi connectivity index (χ2n) is 8.44. The summed E-state index contributed by atoms with van der Waals surface area (Å²) in [7, 11) is 0. The van der Waals surface area contributed by atoms with E-state index in [1.165, 1.54) is 28.9 Å². The molecule has 0 saturated carbocycles. The molecule has 0 amide bonds. The van der Waals surface area contributed by atoms with Gasteiger partial charge in [-0.2, -0.15) is 0 Å². The fraction of sp³-hybridized carbons (Fsp3) is 0.292. The zero-order valence-corrected chi connectivity index (χ0v) is 18.8. The van der Waals surface area contributed by atoms with Crippen LogP contribution in [0.25, 0.3) is 38.4 Å². The average Bonchev–Trinajstić information content (AvgIpc) is 3.36. The summed E-state index contributed by atoms with van der Waals surface area (Å²) < 4.78 is 7.74. The molecular weight excluding hydrogens is 430 g/mol. The Kier molecular flexibility index (Phi) is 4.24. The van der Waals surface area contributed by atoms with E-state index in [0.717, 1.165) is 41.6 Å². The van der Waals surface area contributed by atoms with Crippen molar-refractivity contribution in [3.63, 3.8) is 0 Å². The molecule has 0 atom stereocenters. The Morgan fingerprint density at radius 1 is 1.10 bits per heavy atom. The van der Waals surface area contributed by atoms with E-state index in [1.807, 2.05) is 29.6 Å². The van der Waals surface area contributed by atoms with Gasteiger partial charge in [0.05, 0.1) is 16.8 Å². The Balaban J connectivity index is 1.70. The van der Waals surface area contributed by atoms with E-state index in [4.69, 9.17) is 26.0 Å². The van der Waals surface area contributed by atoms with Crippen molar-refractivity contribution >= 4 is 50.1 Å². The van der Waals surface area contributed by atoms with E-state index < -0.39 is 0 Å². The first-order chi connectivity index (χ1) is 15.0. The Bertz CT molecular complexity index is 1540. The summed E-state index contributed by atoms with van der Waals surface area (Å²) in [6, 6.07) is 7.46. The Morgan fingerprint density at radius 3 is 2.58 bits per heavy atom. The van der Waals surface area contributed by atoms with Crippen molar-refractivity contribution in [1.82, 2.24) is 14.4 Å². The summed E-state index contributed by atoms with van der Waals surface area (Å²) in [5.74, 6) is 0.304. The van der Waals surface area contributed by atoms with Crippen LogP contribution in [0.4, 0.5) is 0 Å². The molecular formula is C24H20ClN3O2S. The van der Waals surface area contributed by atoms with Gasteiger partial charge in [-0.1, -0.05) is 37.6 Å². The van der Waals surface area contributed by atoms with Crippen LogP contribution in [0.15, 0.2) is 38.9 Å². The zero-order chi connectivity index (χ0) is 21.3. The number of furan rings is 1. The van der Waals surface area contributed by atoms with Crippen molar-refractivity contribution < 1.29 is 4.42 Å². The molecule has 4 aromatic heterocycles. The second-order valence-corrected chi connectivity index (χ2v) is 9.71. The predicted molar refractivity (Wildman–Crippen MR) is 126 cm³/mol. The largest absolute Gasteiger partial charge is 0.430 e. The highest BCUT2D eigenvalue weighted by molar-refractivity contribution is 7.15.